The van der Waals surface area contributed by atoms with Crippen LogP contribution in [-0.4, -0.2) is 74.3 Å². The molecular weight excluding hydrogens is 462 g/mol. The van der Waals surface area contributed by atoms with Gasteiger partial charge in [0.15, 0.2) is 11.5 Å². The van der Waals surface area contributed by atoms with Crippen LogP contribution in [0.5, 0.6) is 11.5 Å². The number of hydrogen-bond donors (Lipinski definition) is 2. The average Bonchev–Trinajstić information content (AvgIpc) is 2.86. The van der Waals surface area contributed by atoms with Crippen molar-refractivity contribution in [3.05, 3.63) is 48.3 Å². The number of fused-ring (bicyclic) bond motifs is 1. The first-order chi connectivity index (χ1) is 17.3. The molecule has 0 radical (unpaired) electrons. The SMILES string of the molecule is COC(=O)[C@H](Cc1ccc(Nc2ncnc3cc(OC)c(OCCCN(C)C)cc23)cc1)NC(C)=O. The zero-order valence-corrected chi connectivity index (χ0v) is 21.3. The molecule has 1 heterocycles. The van der Waals surface area contributed by atoms with Gasteiger partial charge in [-0.3, -0.25) is 4.79 Å². The summed E-state index contributed by atoms with van der Waals surface area (Å²) in [6.45, 7) is 2.85. The molecule has 0 fully saturated rings. The summed E-state index contributed by atoms with van der Waals surface area (Å²) in [5.41, 5.74) is 2.39. The van der Waals surface area contributed by atoms with Gasteiger partial charge < -0.3 is 29.7 Å². The van der Waals surface area contributed by atoms with Crippen molar-refractivity contribution < 1.29 is 23.8 Å². The zero-order valence-electron chi connectivity index (χ0n) is 21.3. The third-order valence-electron chi connectivity index (χ3n) is 5.45. The van der Waals surface area contributed by atoms with E-state index in [1.807, 2.05) is 50.5 Å². The summed E-state index contributed by atoms with van der Waals surface area (Å²) in [7, 11) is 6.95. The standard InChI is InChI=1S/C26H33N5O5/c1-17(32)29-22(26(33)35-5)13-18-7-9-19(10-8-18)30-25-20-14-24(36-12-6-11-31(2)3)23(34-4)15-21(20)27-16-28-25/h7-10,14-16,22H,6,11-13H2,1-5H3,(H,29,32)(H,27,28,30)/t22-/m0/s1. The van der Waals surface area contributed by atoms with E-state index in [9.17, 15) is 9.59 Å². The summed E-state index contributed by atoms with van der Waals surface area (Å²) in [6, 6.07) is 10.5. The van der Waals surface area contributed by atoms with E-state index in [0.717, 1.165) is 35.1 Å². The predicted molar refractivity (Wildman–Crippen MR) is 138 cm³/mol. The molecule has 2 N–H and O–H groups in total. The van der Waals surface area contributed by atoms with E-state index in [1.54, 1.807) is 7.11 Å². The molecule has 1 amide bonds. The molecule has 192 valence electrons. The van der Waals surface area contributed by atoms with Crippen molar-refractivity contribution in [2.75, 3.05) is 46.8 Å². The quantitative estimate of drug-likeness (QED) is 0.289. The Morgan fingerprint density at radius 1 is 1.06 bits per heavy atom. The number of benzene rings is 2. The minimum atomic E-state index is -0.747. The van der Waals surface area contributed by atoms with Gasteiger partial charge in [0, 0.05) is 37.0 Å². The molecule has 36 heavy (non-hydrogen) atoms. The third-order valence-corrected chi connectivity index (χ3v) is 5.45. The highest BCUT2D eigenvalue weighted by Gasteiger charge is 2.20. The Hall–Kier alpha value is -3.92. The van der Waals surface area contributed by atoms with Crippen molar-refractivity contribution in [2.24, 2.45) is 0 Å². The monoisotopic (exact) mass is 495 g/mol. The highest BCUT2D eigenvalue weighted by Crippen LogP contribution is 2.34. The van der Waals surface area contributed by atoms with Crippen LogP contribution in [0, 0.1) is 0 Å². The lowest BCUT2D eigenvalue weighted by molar-refractivity contribution is -0.144. The van der Waals surface area contributed by atoms with Gasteiger partial charge in [0.25, 0.3) is 0 Å². The molecule has 0 saturated heterocycles. The molecule has 10 nitrogen and oxygen atoms in total. The van der Waals surface area contributed by atoms with E-state index in [2.05, 4.69) is 25.5 Å². The lowest BCUT2D eigenvalue weighted by Gasteiger charge is -2.16. The van der Waals surface area contributed by atoms with Crippen LogP contribution in [-0.2, 0) is 20.7 Å². The molecule has 0 spiro atoms. The van der Waals surface area contributed by atoms with Crippen LogP contribution in [0.1, 0.15) is 18.9 Å². The molecule has 1 aromatic heterocycles. The summed E-state index contributed by atoms with van der Waals surface area (Å²) in [5.74, 6) is 1.08. The summed E-state index contributed by atoms with van der Waals surface area (Å²) >= 11 is 0. The van der Waals surface area contributed by atoms with Crippen molar-refractivity contribution >= 4 is 34.3 Å². The number of methoxy groups -OCH3 is 2. The third kappa shape index (κ3) is 7.29. The molecule has 0 aliphatic carbocycles. The van der Waals surface area contributed by atoms with Crippen LogP contribution in [0.3, 0.4) is 0 Å². The molecule has 0 saturated carbocycles. The smallest absolute Gasteiger partial charge is 0.328 e. The van der Waals surface area contributed by atoms with E-state index in [-0.39, 0.29) is 5.91 Å². The topological polar surface area (TPSA) is 115 Å². The Morgan fingerprint density at radius 2 is 1.81 bits per heavy atom. The molecule has 3 aromatic rings. The molecule has 2 aromatic carbocycles. The van der Waals surface area contributed by atoms with Gasteiger partial charge in [-0.05, 0) is 44.3 Å². The minimum Gasteiger partial charge on any atom is -0.493 e. The molecule has 0 aliphatic heterocycles. The van der Waals surface area contributed by atoms with E-state index >= 15 is 0 Å². The fourth-order valence-electron chi connectivity index (χ4n) is 3.68. The molecule has 0 aliphatic rings. The molecule has 3 rings (SSSR count). The van der Waals surface area contributed by atoms with Gasteiger partial charge in [-0.15, -0.1) is 0 Å². The van der Waals surface area contributed by atoms with E-state index in [4.69, 9.17) is 14.2 Å². The molecule has 1 atom stereocenters. The van der Waals surface area contributed by atoms with Crippen molar-refractivity contribution in [2.45, 2.75) is 25.8 Å². The number of nitrogens with zero attached hydrogens (tertiary/aromatic N) is 3. The van der Waals surface area contributed by atoms with Crippen molar-refractivity contribution in [1.29, 1.82) is 0 Å². The van der Waals surface area contributed by atoms with Crippen LogP contribution < -0.4 is 20.1 Å². The van der Waals surface area contributed by atoms with Gasteiger partial charge in [-0.1, -0.05) is 12.1 Å². The fourth-order valence-corrected chi connectivity index (χ4v) is 3.68. The van der Waals surface area contributed by atoms with Gasteiger partial charge in [-0.25, -0.2) is 14.8 Å². The van der Waals surface area contributed by atoms with Crippen LogP contribution in [0.2, 0.25) is 0 Å². The largest absolute Gasteiger partial charge is 0.493 e. The number of ether oxygens (including phenoxy) is 3. The Balaban J connectivity index is 1.78. The molecule has 0 bridgehead atoms. The van der Waals surface area contributed by atoms with E-state index < -0.39 is 12.0 Å². The van der Waals surface area contributed by atoms with Gasteiger partial charge in [0.1, 0.15) is 18.2 Å². The summed E-state index contributed by atoms with van der Waals surface area (Å²) in [6.07, 6.45) is 2.69. The number of nitrogens with one attached hydrogen (secondary N) is 2. The number of hydrogen-bond acceptors (Lipinski definition) is 9. The Kier molecular flexibility index (Phi) is 9.40. The van der Waals surface area contributed by atoms with Gasteiger partial charge in [0.2, 0.25) is 5.91 Å². The maximum absolute atomic E-state index is 12.0. The lowest BCUT2D eigenvalue weighted by atomic mass is 10.1. The van der Waals surface area contributed by atoms with Gasteiger partial charge >= 0.3 is 5.97 Å². The van der Waals surface area contributed by atoms with Crippen LogP contribution in [0.4, 0.5) is 11.5 Å². The average molecular weight is 496 g/mol. The second-order valence-corrected chi connectivity index (χ2v) is 8.55. The van der Waals surface area contributed by atoms with Crippen molar-refractivity contribution in [1.82, 2.24) is 20.2 Å². The second kappa shape index (κ2) is 12.7. The Morgan fingerprint density at radius 3 is 2.44 bits per heavy atom. The lowest BCUT2D eigenvalue weighted by Crippen LogP contribution is -2.41. The zero-order chi connectivity index (χ0) is 26.1. The molecule has 0 unspecified atom stereocenters. The number of amides is 1. The first kappa shape index (κ1) is 26.7. The summed E-state index contributed by atoms with van der Waals surface area (Å²) in [4.78, 5) is 34.3. The van der Waals surface area contributed by atoms with Gasteiger partial charge in [0.05, 0.1) is 26.3 Å². The first-order valence-electron chi connectivity index (χ1n) is 11.6. The normalized spacial score (nSPS) is 11.7. The molecular formula is C26H33N5O5. The van der Waals surface area contributed by atoms with Crippen molar-refractivity contribution in [3.63, 3.8) is 0 Å². The van der Waals surface area contributed by atoms with E-state index in [1.165, 1.54) is 20.4 Å². The number of carbonyl (C=O) groups excluding carboxylic acids is 2. The Labute approximate surface area is 211 Å². The number of anilines is 2. The second-order valence-electron chi connectivity index (χ2n) is 8.55. The minimum absolute atomic E-state index is 0.294. The maximum Gasteiger partial charge on any atom is 0.328 e. The summed E-state index contributed by atoms with van der Waals surface area (Å²) in [5, 5.41) is 6.74. The highest BCUT2D eigenvalue weighted by molar-refractivity contribution is 5.93. The fraction of sp³-hybridized carbons (Fsp3) is 0.385. The molecule has 10 heteroatoms. The number of esters is 1. The number of rotatable bonds is 12. The summed E-state index contributed by atoms with van der Waals surface area (Å²) < 4.78 is 16.3. The highest BCUT2D eigenvalue weighted by atomic mass is 16.5. The van der Waals surface area contributed by atoms with Crippen LogP contribution in [0.25, 0.3) is 10.9 Å². The van der Waals surface area contributed by atoms with Crippen LogP contribution >= 0.6 is 0 Å². The first-order valence-corrected chi connectivity index (χ1v) is 11.6. The number of aromatic nitrogens is 2. The van der Waals surface area contributed by atoms with Gasteiger partial charge in [-0.2, -0.15) is 0 Å². The Bertz CT molecular complexity index is 1180. The van der Waals surface area contributed by atoms with Crippen LogP contribution in [0.15, 0.2) is 42.7 Å². The maximum atomic E-state index is 12.0. The predicted octanol–water partition coefficient (Wildman–Crippen LogP) is 2.93. The van der Waals surface area contributed by atoms with E-state index in [0.29, 0.717) is 30.3 Å². The van der Waals surface area contributed by atoms with Crippen molar-refractivity contribution in [3.8, 4) is 11.5 Å². The number of carbonyl (C=O) groups is 2.